The molecule has 30 heavy (non-hydrogen) atoms. The molecular weight excluding hydrogens is 406 g/mol. The van der Waals surface area contributed by atoms with Gasteiger partial charge in [0.05, 0.1) is 0 Å². The van der Waals surface area contributed by atoms with Crippen LogP contribution in [0.2, 0.25) is 0 Å². The van der Waals surface area contributed by atoms with Crippen LogP contribution in [0.4, 0.5) is 5.82 Å². The van der Waals surface area contributed by atoms with Crippen molar-refractivity contribution in [2.24, 2.45) is 18.9 Å². The molecule has 0 spiro atoms. The minimum atomic E-state index is -0.792. The lowest BCUT2D eigenvalue weighted by Crippen LogP contribution is -2.43. The second-order valence-electron chi connectivity index (χ2n) is 8.32. The average molecular weight is 434 g/mol. The summed E-state index contributed by atoms with van der Waals surface area (Å²) in [6.07, 6.45) is 2.97. The largest absolute Gasteiger partial charge is 0.453 e. The predicted molar refractivity (Wildman–Crippen MR) is 115 cm³/mol. The van der Waals surface area contributed by atoms with Crippen LogP contribution >= 0.6 is 11.3 Å². The van der Waals surface area contributed by atoms with E-state index in [4.69, 9.17) is 10.5 Å². The number of ketones is 1. The Kier molecular flexibility index (Phi) is 6.30. The lowest BCUT2D eigenvalue weighted by molar-refractivity contribution is 0.0479. The molecule has 2 aromatic rings. The number of anilines is 1. The SMILES string of the molecule is CC(C)Cn1c(N)c(C(=O)COC(=O)c2cc3c(s2)CCC(C)C3)c(=O)n(C)c1=O. The van der Waals surface area contributed by atoms with Crippen LogP contribution < -0.4 is 17.0 Å². The number of aromatic nitrogens is 2. The molecule has 0 saturated carbocycles. The fourth-order valence-electron chi connectivity index (χ4n) is 3.67. The summed E-state index contributed by atoms with van der Waals surface area (Å²) >= 11 is 1.39. The van der Waals surface area contributed by atoms with Gasteiger partial charge in [0.2, 0.25) is 5.78 Å². The first-order valence-electron chi connectivity index (χ1n) is 10.0. The van der Waals surface area contributed by atoms with Crippen molar-refractivity contribution >= 4 is 28.9 Å². The lowest BCUT2D eigenvalue weighted by atomic mass is 9.90. The number of rotatable bonds is 6. The maximum Gasteiger partial charge on any atom is 0.348 e. The average Bonchev–Trinajstić information content (AvgIpc) is 3.11. The standard InChI is InChI=1S/C21H27N3O5S/c1-11(2)9-24-18(22)17(19(26)23(4)21(24)28)14(25)10-29-20(27)16-8-13-7-12(3)5-6-15(13)30-16/h8,11-12H,5-7,9-10,22H2,1-4H3. The number of hydrogen-bond acceptors (Lipinski definition) is 7. The van der Waals surface area contributed by atoms with E-state index in [1.165, 1.54) is 27.8 Å². The predicted octanol–water partition coefficient (Wildman–Crippen LogP) is 2.01. The molecule has 0 saturated heterocycles. The van der Waals surface area contributed by atoms with Gasteiger partial charge >= 0.3 is 11.7 Å². The third-order valence-electron chi connectivity index (χ3n) is 5.27. The highest BCUT2D eigenvalue weighted by Gasteiger charge is 2.25. The van der Waals surface area contributed by atoms with E-state index < -0.39 is 29.6 Å². The van der Waals surface area contributed by atoms with Crippen molar-refractivity contribution in [1.29, 1.82) is 0 Å². The molecule has 3 rings (SSSR count). The number of Topliss-reactive ketones (excluding diaryl/α,β-unsaturated/α-hetero) is 1. The second-order valence-corrected chi connectivity index (χ2v) is 9.45. The Morgan fingerprint density at radius 1 is 1.33 bits per heavy atom. The van der Waals surface area contributed by atoms with E-state index in [-0.39, 0.29) is 23.8 Å². The van der Waals surface area contributed by atoms with E-state index in [0.29, 0.717) is 10.8 Å². The number of carbonyl (C=O) groups is 2. The quantitative estimate of drug-likeness (QED) is 0.551. The summed E-state index contributed by atoms with van der Waals surface area (Å²) in [5.41, 5.74) is 5.45. The zero-order valence-corrected chi connectivity index (χ0v) is 18.5. The third-order valence-corrected chi connectivity index (χ3v) is 6.49. The second kappa shape index (κ2) is 8.59. The van der Waals surface area contributed by atoms with Gasteiger partial charge in [-0.05, 0) is 42.7 Å². The number of esters is 1. The van der Waals surface area contributed by atoms with Crippen LogP contribution in [0.25, 0.3) is 0 Å². The van der Waals surface area contributed by atoms with Crippen LogP contribution in [0.5, 0.6) is 0 Å². The molecule has 0 aliphatic heterocycles. The maximum absolute atomic E-state index is 12.7. The van der Waals surface area contributed by atoms with Crippen molar-refractivity contribution in [3.8, 4) is 0 Å². The van der Waals surface area contributed by atoms with Crippen LogP contribution in [0.3, 0.4) is 0 Å². The van der Waals surface area contributed by atoms with Gasteiger partial charge in [-0.15, -0.1) is 11.3 Å². The summed E-state index contributed by atoms with van der Waals surface area (Å²) in [5, 5.41) is 0. The number of thiophene rings is 1. The first kappa shape index (κ1) is 22.0. The molecular formula is C21H27N3O5S. The summed E-state index contributed by atoms with van der Waals surface area (Å²) in [6, 6.07) is 1.83. The van der Waals surface area contributed by atoms with Gasteiger partial charge in [0.15, 0.2) is 6.61 Å². The first-order valence-corrected chi connectivity index (χ1v) is 10.8. The zero-order chi connectivity index (χ0) is 22.2. The zero-order valence-electron chi connectivity index (χ0n) is 17.7. The van der Waals surface area contributed by atoms with E-state index in [0.717, 1.165) is 29.4 Å². The van der Waals surface area contributed by atoms with E-state index in [9.17, 15) is 19.2 Å². The Hall–Kier alpha value is -2.68. The molecule has 2 N–H and O–H groups in total. The van der Waals surface area contributed by atoms with Gasteiger partial charge in [0, 0.05) is 18.5 Å². The Labute approximate surface area is 178 Å². The highest BCUT2D eigenvalue weighted by Crippen LogP contribution is 2.32. The Morgan fingerprint density at radius 3 is 2.70 bits per heavy atom. The summed E-state index contributed by atoms with van der Waals surface area (Å²) in [4.78, 5) is 51.6. The van der Waals surface area contributed by atoms with Crippen molar-refractivity contribution < 1.29 is 14.3 Å². The number of nitrogen functional groups attached to an aromatic ring is 1. The van der Waals surface area contributed by atoms with Crippen LogP contribution in [0.1, 0.15) is 57.7 Å². The van der Waals surface area contributed by atoms with Crippen LogP contribution in [-0.2, 0) is 31.2 Å². The molecule has 2 aromatic heterocycles. The number of nitrogens with two attached hydrogens (primary N) is 1. The van der Waals surface area contributed by atoms with Gasteiger partial charge in [-0.25, -0.2) is 9.59 Å². The normalized spacial score (nSPS) is 15.8. The molecule has 0 fully saturated rings. The molecule has 162 valence electrons. The van der Waals surface area contributed by atoms with Crippen LogP contribution in [0.15, 0.2) is 15.7 Å². The Balaban J connectivity index is 1.80. The number of nitrogens with zero attached hydrogens (tertiary/aromatic N) is 2. The molecule has 0 bridgehead atoms. The number of hydrogen-bond donors (Lipinski definition) is 1. The van der Waals surface area contributed by atoms with E-state index in [1.54, 1.807) is 0 Å². The molecule has 0 aromatic carbocycles. The third kappa shape index (κ3) is 4.26. The summed E-state index contributed by atoms with van der Waals surface area (Å²) in [5.74, 6) is -0.859. The van der Waals surface area contributed by atoms with Gasteiger partial charge in [-0.2, -0.15) is 0 Å². The minimum absolute atomic E-state index is 0.0795. The molecule has 1 unspecified atom stereocenters. The molecule has 0 radical (unpaired) electrons. The van der Waals surface area contributed by atoms with Crippen LogP contribution in [0, 0.1) is 11.8 Å². The monoisotopic (exact) mass is 433 g/mol. The van der Waals surface area contributed by atoms with E-state index in [1.807, 2.05) is 19.9 Å². The highest BCUT2D eigenvalue weighted by molar-refractivity contribution is 7.14. The van der Waals surface area contributed by atoms with Crippen molar-refractivity contribution in [2.75, 3.05) is 12.3 Å². The van der Waals surface area contributed by atoms with Gasteiger partial charge in [-0.3, -0.25) is 18.7 Å². The van der Waals surface area contributed by atoms with Crippen LogP contribution in [-0.4, -0.2) is 27.5 Å². The number of fused-ring (bicyclic) bond motifs is 1. The molecule has 1 aliphatic rings. The topological polar surface area (TPSA) is 113 Å². The van der Waals surface area contributed by atoms with Crippen molar-refractivity contribution in [2.45, 2.75) is 46.6 Å². The lowest BCUT2D eigenvalue weighted by Gasteiger charge is -2.16. The van der Waals surface area contributed by atoms with Crippen molar-refractivity contribution in [1.82, 2.24) is 9.13 Å². The van der Waals surface area contributed by atoms with Crippen molar-refractivity contribution in [3.63, 3.8) is 0 Å². The highest BCUT2D eigenvalue weighted by atomic mass is 32.1. The first-order chi connectivity index (χ1) is 14.1. The van der Waals surface area contributed by atoms with E-state index >= 15 is 0 Å². The maximum atomic E-state index is 12.7. The Morgan fingerprint density at radius 2 is 2.03 bits per heavy atom. The molecule has 1 aliphatic carbocycles. The Bertz CT molecular complexity index is 1110. The molecule has 2 heterocycles. The number of carbonyl (C=O) groups excluding carboxylic acids is 2. The van der Waals surface area contributed by atoms with Gasteiger partial charge < -0.3 is 10.5 Å². The molecule has 8 nitrogen and oxygen atoms in total. The summed E-state index contributed by atoms with van der Waals surface area (Å²) < 4.78 is 7.23. The number of aryl methyl sites for hydroxylation is 1. The molecule has 0 amide bonds. The van der Waals surface area contributed by atoms with Gasteiger partial charge in [-0.1, -0.05) is 20.8 Å². The summed E-state index contributed by atoms with van der Waals surface area (Å²) in [7, 11) is 1.29. The smallest absolute Gasteiger partial charge is 0.348 e. The van der Waals surface area contributed by atoms with Gasteiger partial charge in [0.25, 0.3) is 5.56 Å². The molecule has 9 heteroatoms. The van der Waals surface area contributed by atoms with E-state index in [2.05, 4.69) is 6.92 Å². The number of ether oxygens (including phenoxy) is 1. The van der Waals surface area contributed by atoms with Crippen molar-refractivity contribution in [3.05, 3.63) is 47.8 Å². The fraction of sp³-hybridized carbons (Fsp3) is 0.524. The minimum Gasteiger partial charge on any atom is -0.453 e. The molecule has 1 atom stereocenters. The summed E-state index contributed by atoms with van der Waals surface area (Å²) in [6.45, 7) is 5.61. The fourth-order valence-corrected chi connectivity index (χ4v) is 4.77. The van der Waals surface area contributed by atoms with Gasteiger partial charge in [0.1, 0.15) is 16.3 Å².